The number of anilines is 1. The number of hydrogen-bond donors (Lipinski definition) is 1. The molecule has 2 aromatic carbocycles. The molecule has 0 unspecified atom stereocenters. The quantitative estimate of drug-likeness (QED) is 0.380. The molecule has 6 nitrogen and oxygen atoms in total. The van der Waals surface area contributed by atoms with Gasteiger partial charge in [0.2, 0.25) is 5.95 Å². The number of aromatic nitrogens is 3. The predicted molar refractivity (Wildman–Crippen MR) is 121 cm³/mol. The molecule has 0 aliphatic carbocycles. The average molecular weight is 439 g/mol. The number of aryl methyl sites for hydroxylation is 2. The number of benzene rings is 2. The molecule has 8 heteroatoms. The first kappa shape index (κ1) is 21.1. The van der Waals surface area contributed by atoms with Crippen molar-refractivity contribution in [2.45, 2.75) is 26.8 Å². The summed E-state index contributed by atoms with van der Waals surface area (Å²) in [6.07, 6.45) is 0.811. The van der Waals surface area contributed by atoms with E-state index in [1.54, 1.807) is 19.1 Å². The molecule has 2 heterocycles. The number of halogens is 1. The van der Waals surface area contributed by atoms with Crippen LogP contribution in [0, 0.1) is 12.7 Å². The number of carbonyl (C=O) groups is 1. The minimum absolute atomic E-state index is 0.260. The fourth-order valence-corrected chi connectivity index (χ4v) is 4.31. The normalized spacial score (nSPS) is 11.2. The summed E-state index contributed by atoms with van der Waals surface area (Å²) in [4.78, 5) is 22.7. The summed E-state index contributed by atoms with van der Waals surface area (Å²) >= 11 is 1.28. The number of nitrogens with one attached hydrogen (secondary N) is 1. The summed E-state index contributed by atoms with van der Waals surface area (Å²) in [6, 6.07) is 13.9. The van der Waals surface area contributed by atoms with Crippen LogP contribution < -0.4 is 5.32 Å². The molecule has 0 aliphatic heterocycles. The van der Waals surface area contributed by atoms with Crippen LogP contribution in [0.2, 0.25) is 0 Å². The molecule has 0 bridgehead atoms. The van der Waals surface area contributed by atoms with E-state index in [9.17, 15) is 9.18 Å². The van der Waals surface area contributed by atoms with Crippen LogP contribution >= 0.6 is 11.3 Å². The van der Waals surface area contributed by atoms with E-state index >= 15 is 0 Å². The maximum atomic E-state index is 13.2. The summed E-state index contributed by atoms with van der Waals surface area (Å²) in [5.74, 6) is -0.0678. The lowest BCUT2D eigenvalue weighted by atomic mass is 10.2. The van der Waals surface area contributed by atoms with E-state index in [2.05, 4.69) is 15.3 Å². The molecular weight excluding hydrogens is 415 g/mol. The van der Waals surface area contributed by atoms with Gasteiger partial charge >= 0.3 is 0 Å². The van der Waals surface area contributed by atoms with E-state index in [0.29, 0.717) is 41.3 Å². The topological polar surface area (TPSA) is 69.0 Å². The van der Waals surface area contributed by atoms with Gasteiger partial charge in [0.25, 0.3) is 5.91 Å². The SMILES string of the molecule is CCOCCCn1c(NC(=O)c2sc(-c3ccc(F)cc3)nc2C)nc2ccccc21. The van der Waals surface area contributed by atoms with Gasteiger partial charge in [-0.25, -0.2) is 14.4 Å². The van der Waals surface area contributed by atoms with Crippen LogP contribution in [0.15, 0.2) is 48.5 Å². The smallest absolute Gasteiger partial charge is 0.269 e. The fraction of sp³-hybridized carbons (Fsp3) is 0.261. The third-order valence-electron chi connectivity index (χ3n) is 4.85. The monoisotopic (exact) mass is 438 g/mol. The van der Waals surface area contributed by atoms with E-state index in [0.717, 1.165) is 23.0 Å². The van der Waals surface area contributed by atoms with Crippen molar-refractivity contribution in [1.29, 1.82) is 0 Å². The van der Waals surface area contributed by atoms with Gasteiger partial charge in [0.1, 0.15) is 15.7 Å². The number of hydrogen-bond acceptors (Lipinski definition) is 5. The molecule has 0 saturated carbocycles. The maximum Gasteiger partial charge on any atom is 0.269 e. The second-order valence-corrected chi connectivity index (χ2v) is 8.02. The van der Waals surface area contributed by atoms with Gasteiger partial charge in [0.15, 0.2) is 0 Å². The Morgan fingerprint density at radius 3 is 2.71 bits per heavy atom. The summed E-state index contributed by atoms with van der Waals surface area (Å²) < 4.78 is 20.7. The van der Waals surface area contributed by atoms with E-state index in [1.165, 1.54) is 23.5 Å². The third kappa shape index (κ3) is 4.65. The zero-order valence-electron chi connectivity index (χ0n) is 17.4. The van der Waals surface area contributed by atoms with Gasteiger partial charge in [-0.05, 0) is 56.7 Å². The lowest BCUT2D eigenvalue weighted by molar-refractivity contribution is 0.102. The number of amides is 1. The zero-order chi connectivity index (χ0) is 21.8. The van der Waals surface area contributed by atoms with Gasteiger partial charge in [-0.2, -0.15) is 0 Å². The molecule has 4 aromatic rings. The molecule has 4 rings (SSSR count). The summed E-state index contributed by atoms with van der Waals surface area (Å²) in [7, 11) is 0. The van der Waals surface area contributed by atoms with Gasteiger partial charge in [-0.15, -0.1) is 11.3 Å². The molecule has 31 heavy (non-hydrogen) atoms. The number of ether oxygens (including phenoxy) is 1. The van der Waals surface area contributed by atoms with E-state index < -0.39 is 0 Å². The fourth-order valence-electron chi connectivity index (χ4n) is 3.35. The van der Waals surface area contributed by atoms with Gasteiger partial charge in [-0.1, -0.05) is 12.1 Å². The Balaban J connectivity index is 1.59. The van der Waals surface area contributed by atoms with Crippen molar-refractivity contribution in [3.8, 4) is 10.6 Å². The largest absolute Gasteiger partial charge is 0.382 e. The summed E-state index contributed by atoms with van der Waals surface area (Å²) in [5, 5.41) is 3.63. The van der Waals surface area contributed by atoms with Gasteiger partial charge in [0.05, 0.1) is 16.7 Å². The third-order valence-corrected chi connectivity index (χ3v) is 6.05. The number of thiazole rings is 1. The van der Waals surface area contributed by atoms with Gasteiger partial charge in [0, 0.05) is 25.3 Å². The van der Waals surface area contributed by atoms with Crippen LogP contribution in [0.1, 0.15) is 28.7 Å². The molecular formula is C23H23FN4O2S. The highest BCUT2D eigenvalue weighted by Gasteiger charge is 2.19. The minimum Gasteiger partial charge on any atom is -0.382 e. The highest BCUT2D eigenvalue weighted by molar-refractivity contribution is 7.17. The van der Waals surface area contributed by atoms with E-state index in [-0.39, 0.29) is 11.7 Å². The molecule has 0 fully saturated rings. The molecule has 1 amide bonds. The highest BCUT2D eigenvalue weighted by Crippen LogP contribution is 2.29. The molecule has 1 N–H and O–H groups in total. The van der Waals surface area contributed by atoms with Crippen LogP contribution in [0.5, 0.6) is 0 Å². The van der Waals surface area contributed by atoms with Crippen LogP contribution in [0.25, 0.3) is 21.6 Å². The maximum absolute atomic E-state index is 13.2. The van der Waals surface area contributed by atoms with Crippen molar-refractivity contribution < 1.29 is 13.9 Å². The van der Waals surface area contributed by atoms with Crippen LogP contribution in [0.3, 0.4) is 0 Å². The van der Waals surface area contributed by atoms with E-state index in [4.69, 9.17) is 4.74 Å². The Morgan fingerprint density at radius 2 is 1.94 bits per heavy atom. The molecule has 0 atom stereocenters. The summed E-state index contributed by atoms with van der Waals surface area (Å²) in [6.45, 7) is 5.76. The van der Waals surface area contributed by atoms with Crippen LogP contribution in [-0.2, 0) is 11.3 Å². The van der Waals surface area contributed by atoms with Gasteiger partial charge < -0.3 is 9.30 Å². The second kappa shape index (κ2) is 9.36. The number of para-hydroxylation sites is 2. The zero-order valence-corrected chi connectivity index (χ0v) is 18.2. The summed E-state index contributed by atoms with van der Waals surface area (Å²) in [5.41, 5.74) is 3.18. The predicted octanol–water partition coefficient (Wildman–Crippen LogP) is 5.29. The number of imidazole rings is 1. The van der Waals surface area contributed by atoms with Gasteiger partial charge in [-0.3, -0.25) is 10.1 Å². The van der Waals surface area contributed by atoms with Crippen molar-refractivity contribution in [2.75, 3.05) is 18.5 Å². The number of fused-ring (bicyclic) bond motifs is 1. The Hall–Kier alpha value is -3.10. The van der Waals surface area contributed by atoms with Crippen LogP contribution in [0.4, 0.5) is 10.3 Å². The first-order valence-corrected chi connectivity index (χ1v) is 11.0. The number of rotatable bonds is 8. The Labute approximate surface area is 183 Å². The Morgan fingerprint density at radius 1 is 1.16 bits per heavy atom. The van der Waals surface area contributed by atoms with Crippen LogP contribution in [-0.4, -0.2) is 33.7 Å². The Kier molecular flexibility index (Phi) is 6.39. The first-order valence-electron chi connectivity index (χ1n) is 10.1. The highest BCUT2D eigenvalue weighted by atomic mass is 32.1. The second-order valence-electron chi connectivity index (χ2n) is 7.02. The van der Waals surface area contributed by atoms with Crippen molar-refractivity contribution >= 4 is 34.2 Å². The molecule has 2 aromatic heterocycles. The standard InChI is InChI=1S/C23H23FN4O2S/c1-3-30-14-6-13-28-19-8-5-4-7-18(19)26-23(28)27-21(29)20-15(2)25-22(31-20)16-9-11-17(24)12-10-16/h4-5,7-12H,3,6,13-14H2,1-2H3,(H,26,27,29). The lowest BCUT2D eigenvalue weighted by Gasteiger charge is -2.10. The molecule has 0 spiro atoms. The van der Waals surface area contributed by atoms with Crippen molar-refractivity contribution in [3.63, 3.8) is 0 Å². The minimum atomic E-state index is -0.307. The molecule has 0 radical (unpaired) electrons. The first-order chi connectivity index (χ1) is 15.1. The van der Waals surface area contributed by atoms with Crippen molar-refractivity contribution in [2.24, 2.45) is 0 Å². The number of nitrogens with zero attached hydrogens (tertiary/aromatic N) is 3. The number of carbonyl (C=O) groups excluding carboxylic acids is 1. The van der Waals surface area contributed by atoms with Crippen molar-refractivity contribution in [3.05, 3.63) is 64.9 Å². The molecule has 160 valence electrons. The lowest BCUT2D eigenvalue weighted by Crippen LogP contribution is -2.16. The average Bonchev–Trinajstić information content (AvgIpc) is 3.32. The molecule has 0 aliphatic rings. The Bertz CT molecular complexity index is 1200. The van der Waals surface area contributed by atoms with Crippen molar-refractivity contribution in [1.82, 2.24) is 14.5 Å². The molecule has 0 saturated heterocycles. The van der Waals surface area contributed by atoms with E-state index in [1.807, 2.05) is 35.8 Å².